The molecule has 2 saturated heterocycles. The van der Waals surface area contributed by atoms with Crippen LogP contribution in [0.15, 0.2) is 23.2 Å². The maximum Gasteiger partial charge on any atom is 0.250 e. The fraction of sp³-hybridized carbons (Fsp3) is 0.467. The molecule has 2 atom stereocenters. The summed E-state index contributed by atoms with van der Waals surface area (Å²) in [5.74, 6) is -0.350. The molecule has 130 valence electrons. The van der Waals surface area contributed by atoms with Gasteiger partial charge in [0.05, 0.1) is 17.5 Å². The number of rotatable bonds is 2. The highest BCUT2D eigenvalue weighted by Gasteiger charge is 2.49. The number of hydrogen-bond donors (Lipinski definition) is 0. The topological polar surface area (TPSA) is 66.8 Å². The first-order chi connectivity index (χ1) is 11.2. The van der Waals surface area contributed by atoms with Crippen LogP contribution in [0.2, 0.25) is 10.0 Å². The SMILES string of the molecule is CC(C)C(=O)N=C1S[C@H]2CS(=O)(=O)C[C@@H]2N1c1cc(Cl)cc(Cl)c1. The molecule has 0 saturated carbocycles. The molecule has 0 bridgehead atoms. The van der Waals surface area contributed by atoms with Gasteiger partial charge in [0.25, 0.3) is 5.91 Å². The van der Waals surface area contributed by atoms with E-state index in [1.165, 1.54) is 11.8 Å². The van der Waals surface area contributed by atoms with E-state index in [4.69, 9.17) is 23.2 Å². The van der Waals surface area contributed by atoms with Gasteiger partial charge in [-0.1, -0.05) is 48.8 Å². The molecule has 3 rings (SSSR count). The number of halogens is 2. The first-order valence-electron chi connectivity index (χ1n) is 7.41. The van der Waals surface area contributed by atoms with E-state index in [1.807, 2.05) is 0 Å². The Bertz CT molecular complexity index is 804. The smallest absolute Gasteiger partial charge is 0.250 e. The first kappa shape index (κ1) is 18.0. The third kappa shape index (κ3) is 3.59. The molecule has 0 spiro atoms. The van der Waals surface area contributed by atoms with Crippen LogP contribution in [-0.4, -0.2) is 42.3 Å². The lowest BCUT2D eigenvalue weighted by atomic mass is 10.2. The summed E-state index contributed by atoms with van der Waals surface area (Å²) in [4.78, 5) is 18.1. The zero-order valence-corrected chi connectivity index (χ0v) is 16.2. The number of carbonyl (C=O) groups excluding carboxylic acids is 1. The van der Waals surface area contributed by atoms with Crippen LogP contribution >= 0.6 is 35.0 Å². The normalized spacial score (nSPS) is 27.0. The minimum absolute atomic E-state index is 0.0314. The van der Waals surface area contributed by atoms with Crippen molar-refractivity contribution in [3.63, 3.8) is 0 Å². The highest BCUT2D eigenvalue weighted by molar-refractivity contribution is 8.16. The monoisotopic (exact) mass is 406 g/mol. The van der Waals surface area contributed by atoms with E-state index in [-0.39, 0.29) is 34.6 Å². The van der Waals surface area contributed by atoms with Crippen LogP contribution in [-0.2, 0) is 14.6 Å². The fourth-order valence-corrected chi connectivity index (χ4v) is 7.20. The summed E-state index contributed by atoms with van der Waals surface area (Å²) >= 11 is 13.5. The number of amidine groups is 1. The van der Waals surface area contributed by atoms with Crippen molar-refractivity contribution in [3.05, 3.63) is 28.2 Å². The Morgan fingerprint density at radius 1 is 1.25 bits per heavy atom. The van der Waals surface area contributed by atoms with Crippen LogP contribution in [0.25, 0.3) is 0 Å². The number of fused-ring (bicyclic) bond motifs is 1. The van der Waals surface area contributed by atoms with Crippen molar-refractivity contribution in [2.24, 2.45) is 10.9 Å². The lowest BCUT2D eigenvalue weighted by molar-refractivity contribution is -0.120. The number of carbonyl (C=O) groups is 1. The summed E-state index contributed by atoms with van der Waals surface area (Å²) in [6.07, 6.45) is 0. The molecule has 1 aromatic rings. The maximum absolute atomic E-state index is 12.1. The molecule has 9 heteroatoms. The Morgan fingerprint density at radius 3 is 2.46 bits per heavy atom. The summed E-state index contributed by atoms with van der Waals surface area (Å²) < 4.78 is 24.0. The number of amides is 1. The van der Waals surface area contributed by atoms with Crippen LogP contribution in [0, 0.1) is 5.92 Å². The third-order valence-corrected chi connectivity index (χ3v) is 7.54. The molecule has 1 amide bonds. The van der Waals surface area contributed by atoms with Gasteiger partial charge in [0.15, 0.2) is 15.0 Å². The number of aliphatic imine (C=N–C) groups is 1. The van der Waals surface area contributed by atoms with Gasteiger partial charge in [0.1, 0.15) is 0 Å². The van der Waals surface area contributed by atoms with Crippen molar-refractivity contribution in [2.45, 2.75) is 25.1 Å². The molecule has 5 nitrogen and oxygen atoms in total. The predicted molar refractivity (Wildman–Crippen MR) is 100 cm³/mol. The lowest BCUT2D eigenvalue weighted by Crippen LogP contribution is -2.37. The molecule has 1 aromatic carbocycles. The van der Waals surface area contributed by atoms with Crippen molar-refractivity contribution < 1.29 is 13.2 Å². The van der Waals surface area contributed by atoms with E-state index in [0.29, 0.717) is 20.9 Å². The Labute approximate surface area is 155 Å². The zero-order valence-electron chi connectivity index (χ0n) is 13.1. The molecular formula is C15H16Cl2N2O3S2. The molecule has 0 unspecified atom stereocenters. The number of hydrogen-bond acceptors (Lipinski definition) is 4. The molecule has 2 heterocycles. The van der Waals surface area contributed by atoms with E-state index in [0.717, 1.165) is 0 Å². The lowest BCUT2D eigenvalue weighted by Gasteiger charge is -2.25. The molecule has 2 fully saturated rings. The minimum atomic E-state index is -3.10. The van der Waals surface area contributed by atoms with Crippen molar-refractivity contribution in [1.82, 2.24) is 0 Å². The molecule has 0 N–H and O–H groups in total. The number of anilines is 1. The predicted octanol–water partition coefficient (Wildman–Crippen LogP) is 3.25. The summed E-state index contributed by atoms with van der Waals surface area (Å²) in [6, 6.07) is 4.75. The molecular weight excluding hydrogens is 391 g/mol. The Hall–Kier alpha value is -0.760. The van der Waals surface area contributed by atoms with E-state index >= 15 is 0 Å². The molecule has 24 heavy (non-hydrogen) atoms. The Kier molecular flexibility index (Phi) is 4.90. The van der Waals surface area contributed by atoms with E-state index in [9.17, 15) is 13.2 Å². The van der Waals surface area contributed by atoms with Gasteiger partial charge in [-0.2, -0.15) is 4.99 Å². The molecule has 2 aliphatic rings. The maximum atomic E-state index is 12.1. The molecule has 0 radical (unpaired) electrons. The number of benzene rings is 1. The summed E-state index contributed by atoms with van der Waals surface area (Å²) in [6.45, 7) is 3.55. The van der Waals surface area contributed by atoms with Crippen LogP contribution in [0.5, 0.6) is 0 Å². The number of sulfone groups is 1. The highest BCUT2D eigenvalue weighted by atomic mass is 35.5. The van der Waals surface area contributed by atoms with E-state index in [2.05, 4.69) is 4.99 Å². The standard InChI is InChI=1S/C15H16Cl2N2O3S2/c1-8(2)14(20)18-15-19(11-4-9(16)3-10(17)5-11)12-6-24(21,22)7-13(12)23-15/h3-5,8,12-13H,6-7H2,1-2H3/t12-,13-/m0/s1. The molecule has 2 aliphatic heterocycles. The van der Waals surface area contributed by atoms with E-state index < -0.39 is 9.84 Å². The van der Waals surface area contributed by atoms with Crippen molar-refractivity contribution >= 4 is 61.6 Å². The van der Waals surface area contributed by atoms with Crippen molar-refractivity contribution in [2.75, 3.05) is 16.4 Å². The number of nitrogens with zero attached hydrogens (tertiary/aromatic N) is 2. The summed E-state index contributed by atoms with van der Waals surface area (Å²) in [7, 11) is -3.10. The second-order valence-electron chi connectivity index (χ2n) is 6.19. The van der Waals surface area contributed by atoms with Gasteiger partial charge in [-0.3, -0.25) is 4.79 Å². The average Bonchev–Trinajstić information content (AvgIpc) is 2.88. The largest absolute Gasteiger partial charge is 0.315 e. The van der Waals surface area contributed by atoms with Crippen LogP contribution in [0.3, 0.4) is 0 Å². The van der Waals surface area contributed by atoms with Crippen LogP contribution < -0.4 is 4.90 Å². The van der Waals surface area contributed by atoms with Crippen LogP contribution in [0.4, 0.5) is 5.69 Å². The second-order valence-corrected chi connectivity index (χ2v) is 10.4. The van der Waals surface area contributed by atoms with Gasteiger partial charge < -0.3 is 4.90 Å². The quantitative estimate of drug-likeness (QED) is 0.753. The average molecular weight is 407 g/mol. The van der Waals surface area contributed by atoms with Gasteiger partial charge in [-0.25, -0.2) is 8.42 Å². The minimum Gasteiger partial charge on any atom is -0.315 e. The van der Waals surface area contributed by atoms with Gasteiger partial charge >= 0.3 is 0 Å². The van der Waals surface area contributed by atoms with Gasteiger partial charge in [-0.05, 0) is 18.2 Å². The first-order valence-corrected chi connectivity index (χ1v) is 10.9. The fourth-order valence-electron chi connectivity index (χ4n) is 2.77. The second kappa shape index (κ2) is 6.52. The Morgan fingerprint density at radius 2 is 1.88 bits per heavy atom. The molecule has 0 aromatic heterocycles. The number of thioether (sulfide) groups is 1. The van der Waals surface area contributed by atoms with Gasteiger partial charge in [-0.15, -0.1) is 0 Å². The highest BCUT2D eigenvalue weighted by Crippen LogP contribution is 2.42. The zero-order chi connectivity index (χ0) is 17.6. The van der Waals surface area contributed by atoms with E-state index in [1.54, 1.807) is 36.9 Å². The van der Waals surface area contributed by atoms with Gasteiger partial charge in [0.2, 0.25) is 0 Å². The van der Waals surface area contributed by atoms with Crippen molar-refractivity contribution in [1.29, 1.82) is 0 Å². The van der Waals surface area contributed by atoms with Crippen molar-refractivity contribution in [3.8, 4) is 0 Å². The van der Waals surface area contributed by atoms with Gasteiger partial charge in [0, 0.05) is 26.9 Å². The summed E-state index contributed by atoms with van der Waals surface area (Å²) in [5, 5.41) is 1.26. The summed E-state index contributed by atoms with van der Waals surface area (Å²) in [5.41, 5.74) is 0.653. The third-order valence-electron chi connectivity index (χ3n) is 3.89. The molecule has 0 aliphatic carbocycles. The Balaban J connectivity index is 2.06. The van der Waals surface area contributed by atoms with Crippen LogP contribution in [0.1, 0.15) is 13.8 Å².